The molecule has 1 aliphatic rings. The maximum atomic E-state index is 12.0. The first-order valence-corrected chi connectivity index (χ1v) is 7.61. The number of pyridine rings is 1. The molecule has 0 atom stereocenters. The van der Waals surface area contributed by atoms with E-state index in [2.05, 4.69) is 20.5 Å². The van der Waals surface area contributed by atoms with Gasteiger partial charge in [0, 0.05) is 38.6 Å². The molecule has 2 N–H and O–H groups in total. The summed E-state index contributed by atoms with van der Waals surface area (Å²) in [5.41, 5.74) is 0.900. The fraction of sp³-hybridized carbons (Fsp3) is 0.438. The minimum Gasteiger partial charge on any atom is -0.384 e. The van der Waals surface area contributed by atoms with Gasteiger partial charge in [0.2, 0.25) is 0 Å². The van der Waals surface area contributed by atoms with Gasteiger partial charge in [0.25, 0.3) is 5.91 Å². The number of rotatable bonds is 7. The van der Waals surface area contributed by atoms with Crippen molar-refractivity contribution in [3.63, 3.8) is 0 Å². The maximum Gasteiger partial charge on any atom is 0.263 e. The van der Waals surface area contributed by atoms with Crippen molar-refractivity contribution < 1.29 is 9.53 Å². The molecule has 1 fully saturated rings. The molecule has 23 heavy (non-hydrogen) atoms. The standard InChI is InChI=1S/C16H21N5O2/c17-11-14(12-18-13-15-3-1-2-4-19-15)16(22)20-5-6-21-7-9-23-10-8-21/h1-4,12,18H,5-10,13H2,(H,20,22)/b14-12-. The lowest BCUT2D eigenvalue weighted by atomic mass is 10.3. The minimum atomic E-state index is -0.366. The SMILES string of the molecule is N#C/C(=C/NCc1ccccn1)C(=O)NCCN1CCOCC1. The van der Waals surface area contributed by atoms with Crippen LogP contribution < -0.4 is 10.6 Å². The zero-order chi connectivity index (χ0) is 16.3. The van der Waals surface area contributed by atoms with Gasteiger partial charge in [-0.15, -0.1) is 0 Å². The summed E-state index contributed by atoms with van der Waals surface area (Å²) in [6.07, 6.45) is 3.13. The number of amides is 1. The second-order valence-electron chi connectivity index (χ2n) is 5.08. The molecular weight excluding hydrogens is 294 g/mol. The fourth-order valence-corrected chi connectivity index (χ4v) is 2.16. The van der Waals surface area contributed by atoms with Crippen molar-refractivity contribution in [3.05, 3.63) is 41.9 Å². The van der Waals surface area contributed by atoms with Crippen LogP contribution in [0.3, 0.4) is 0 Å². The van der Waals surface area contributed by atoms with E-state index in [0.29, 0.717) is 13.1 Å². The lowest BCUT2D eigenvalue weighted by molar-refractivity contribution is -0.117. The Bertz CT molecular complexity index is 562. The molecule has 2 rings (SSSR count). The molecule has 1 aliphatic heterocycles. The molecule has 7 heteroatoms. The lowest BCUT2D eigenvalue weighted by Gasteiger charge is -2.26. The molecule has 0 unspecified atom stereocenters. The molecule has 7 nitrogen and oxygen atoms in total. The van der Waals surface area contributed by atoms with Gasteiger partial charge in [0.15, 0.2) is 0 Å². The number of hydrogen-bond donors (Lipinski definition) is 2. The summed E-state index contributed by atoms with van der Waals surface area (Å²) < 4.78 is 5.27. The van der Waals surface area contributed by atoms with Gasteiger partial charge in [-0.25, -0.2) is 0 Å². The first kappa shape index (κ1) is 16.9. The number of nitriles is 1. The van der Waals surface area contributed by atoms with Crippen molar-refractivity contribution in [1.82, 2.24) is 20.5 Å². The number of morpholine rings is 1. The van der Waals surface area contributed by atoms with E-state index in [1.54, 1.807) is 6.20 Å². The van der Waals surface area contributed by atoms with Crippen molar-refractivity contribution in [2.45, 2.75) is 6.54 Å². The Morgan fingerprint density at radius 1 is 1.43 bits per heavy atom. The highest BCUT2D eigenvalue weighted by Gasteiger charge is 2.12. The first-order chi connectivity index (χ1) is 11.3. The monoisotopic (exact) mass is 315 g/mol. The molecule has 0 aromatic carbocycles. The zero-order valence-electron chi connectivity index (χ0n) is 13.0. The van der Waals surface area contributed by atoms with Gasteiger partial charge in [0.05, 0.1) is 25.5 Å². The average Bonchev–Trinajstić information content (AvgIpc) is 2.60. The van der Waals surface area contributed by atoms with Gasteiger partial charge in [-0.05, 0) is 12.1 Å². The van der Waals surface area contributed by atoms with Crippen LogP contribution in [0.15, 0.2) is 36.2 Å². The van der Waals surface area contributed by atoms with E-state index in [9.17, 15) is 4.79 Å². The maximum absolute atomic E-state index is 12.0. The van der Waals surface area contributed by atoms with Crippen molar-refractivity contribution in [1.29, 1.82) is 5.26 Å². The van der Waals surface area contributed by atoms with Crippen LogP contribution in [0.25, 0.3) is 0 Å². The highest BCUT2D eigenvalue weighted by atomic mass is 16.5. The fourth-order valence-electron chi connectivity index (χ4n) is 2.16. The second-order valence-corrected chi connectivity index (χ2v) is 5.08. The smallest absolute Gasteiger partial charge is 0.263 e. The first-order valence-electron chi connectivity index (χ1n) is 7.61. The summed E-state index contributed by atoms with van der Waals surface area (Å²) in [6, 6.07) is 7.50. The largest absolute Gasteiger partial charge is 0.384 e. The number of nitrogens with one attached hydrogen (secondary N) is 2. The van der Waals surface area contributed by atoms with Crippen LogP contribution in [0, 0.1) is 11.3 Å². The van der Waals surface area contributed by atoms with Crippen LogP contribution in [0.4, 0.5) is 0 Å². The van der Waals surface area contributed by atoms with Gasteiger partial charge in [-0.3, -0.25) is 14.7 Å². The molecule has 1 saturated heterocycles. The molecule has 0 spiro atoms. The Morgan fingerprint density at radius 3 is 2.96 bits per heavy atom. The normalized spacial score (nSPS) is 15.7. The van der Waals surface area contributed by atoms with E-state index < -0.39 is 0 Å². The number of carbonyl (C=O) groups is 1. The molecule has 2 heterocycles. The third-order valence-electron chi connectivity index (χ3n) is 3.44. The zero-order valence-corrected chi connectivity index (χ0v) is 13.0. The van der Waals surface area contributed by atoms with E-state index in [0.717, 1.165) is 38.5 Å². The summed E-state index contributed by atoms with van der Waals surface area (Å²) in [5, 5.41) is 14.8. The minimum absolute atomic E-state index is 0.0582. The topological polar surface area (TPSA) is 90.3 Å². The van der Waals surface area contributed by atoms with Crippen LogP contribution >= 0.6 is 0 Å². The molecule has 0 bridgehead atoms. The number of hydrogen-bond acceptors (Lipinski definition) is 6. The number of aromatic nitrogens is 1. The Hall–Kier alpha value is -2.43. The van der Waals surface area contributed by atoms with Gasteiger partial charge in [0.1, 0.15) is 11.6 Å². The highest BCUT2D eigenvalue weighted by Crippen LogP contribution is 1.97. The predicted molar refractivity (Wildman–Crippen MR) is 85.0 cm³/mol. The number of ether oxygens (including phenoxy) is 1. The highest BCUT2D eigenvalue weighted by molar-refractivity contribution is 5.97. The second kappa shape index (κ2) is 9.56. The molecule has 0 aliphatic carbocycles. The van der Waals surface area contributed by atoms with Crippen molar-refractivity contribution in [3.8, 4) is 6.07 Å². The van der Waals surface area contributed by atoms with Crippen LogP contribution in [0.5, 0.6) is 0 Å². The summed E-state index contributed by atoms with van der Waals surface area (Å²) in [4.78, 5) is 18.3. The van der Waals surface area contributed by atoms with Crippen molar-refractivity contribution in [2.75, 3.05) is 39.4 Å². The molecule has 122 valence electrons. The van der Waals surface area contributed by atoms with Crippen LogP contribution in [-0.4, -0.2) is 55.2 Å². The molecule has 1 aromatic rings. The quantitative estimate of drug-likeness (QED) is 0.545. The average molecular weight is 315 g/mol. The van der Waals surface area contributed by atoms with E-state index in [-0.39, 0.29) is 11.5 Å². The van der Waals surface area contributed by atoms with Crippen LogP contribution in [0.2, 0.25) is 0 Å². The Morgan fingerprint density at radius 2 is 2.26 bits per heavy atom. The van der Waals surface area contributed by atoms with E-state index >= 15 is 0 Å². The van der Waals surface area contributed by atoms with Gasteiger partial charge >= 0.3 is 0 Å². The number of carbonyl (C=O) groups excluding carboxylic acids is 1. The Kier molecular flexibility index (Phi) is 7.04. The molecule has 0 radical (unpaired) electrons. The third-order valence-corrected chi connectivity index (χ3v) is 3.44. The van der Waals surface area contributed by atoms with Gasteiger partial charge < -0.3 is 15.4 Å². The molecule has 1 aromatic heterocycles. The summed E-state index contributed by atoms with van der Waals surface area (Å²) in [7, 11) is 0. The third kappa shape index (κ3) is 6.06. The van der Waals surface area contributed by atoms with Crippen LogP contribution in [-0.2, 0) is 16.1 Å². The Balaban J connectivity index is 1.72. The number of nitrogens with zero attached hydrogens (tertiary/aromatic N) is 3. The van der Waals surface area contributed by atoms with E-state index in [4.69, 9.17) is 10.00 Å². The Labute approximate surface area is 135 Å². The summed E-state index contributed by atoms with van der Waals surface area (Å²) in [6.45, 7) is 4.95. The molecule has 1 amide bonds. The summed E-state index contributed by atoms with van der Waals surface area (Å²) >= 11 is 0. The van der Waals surface area contributed by atoms with E-state index in [1.807, 2.05) is 24.3 Å². The molecule has 0 saturated carbocycles. The predicted octanol–water partition coefficient (Wildman–Crippen LogP) is 0.0271. The van der Waals surface area contributed by atoms with Crippen LogP contribution in [0.1, 0.15) is 5.69 Å². The summed E-state index contributed by atoms with van der Waals surface area (Å²) in [5.74, 6) is -0.366. The van der Waals surface area contributed by atoms with Crippen molar-refractivity contribution >= 4 is 5.91 Å². The van der Waals surface area contributed by atoms with Gasteiger partial charge in [-0.2, -0.15) is 5.26 Å². The lowest BCUT2D eigenvalue weighted by Crippen LogP contribution is -2.41. The van der Waals surface area contributed by atoms with Crippen molar-refractivity contribution in [2.24, 2.45) is 0 Å². The van der Waals surface area contributed by atoms with Gasteiger partial charge in [-0.1, -0.05) is 6.07 Å². The molecular formula is C16H21N5O2. The van der Waals surface area contributed by atoms with E-state index in [1.165, 1.54) is 6.20 Å².